The van der Waals surface area contributed by atoms with Gasteiger partial charge in [0.25, 0.3) is 0 Å². The molecule has 2 rings (SSSR count). The van der Waals surface area contributed by atoms with Crippen LogP contribution in [0.2, 0.25) is 0 Å². The number of benzene rings is 2. The summed E-state index contributed by atoms with van der Waals surface area (Å²) in [5.74, 6) is 1.12. The topological polar surface area (TPSA) is 56.8 Å². The highest BCUT2D eigenvalue weighted by Gasteiger charge is 2.02. The summed E-state index contributed by atoms with van der Waals surface area (Å²) in [6, 6.07) is 16.1. The number of rotatable bonds is 2. The molecule has 0 aromatic heterocycles. The molecule has 2 aromatic carbocycles. The molecule has 0 radical (unpaired) electrons. The highest BCUT2D eigenvalue weighted by Crippen LogP contribution is 2.26. The third kappa shape index (κ3) is 2.88. The Labute approximate surface area is 113 Å². The molecular weight excluding hydrogens is 292 g/mol. The first-order chi connectivity index (χ1) is 8.71. The van der Waals surface area contributed by atoms with Crippen LogP contribution in [0.15, 0.2) is 46.9 Å². The second kappa shape index (κ2) is 5.35. The van der Waals surface area contributed by atoms with E-state index in [4.69, 9.17) is 15.3 Å². The van der Waals surface area contributed by atoms with Crippen LogP contribution in [0.3, 0.4) is 0 Å². The molecule has 0 amide bonds. The van der Waals surface area contributed by atoms with E-state index < -0.39 is 0 Å². The molecule has 0 heterocycles. The van der Waals surface area contributed by atoms with Crippen LogP contribution in [0.5, 0.6) is 11.5 Å². The first-order valence-electron chi connectivity index (χ1n) is 5.10. The minimum atomic E-state index is 0.510. The van der Waals surface area contributed by atoms with Gasteiger partial charge in [0, 0.05) is 4.47 Å². The van der Waals surface area contributed by atoms with Crippen molar-refractivity contribution >= 4 is 15.9 Å². The Hall–Kier alpha value is -2.30. The standard InChI is InChI=1S/C14H7BrN2O/c15-12-4-11(9-17)6-14(7-12)18-13-3-1-2-10(5-13)8-16/h1-7H. The van der Waals surface area contributed by atoms with Crippen LogP contribution in [-0.2, 0) is 0 Å². The van der Waals surface area contributed by atoms with Crippen LogP contribution >= 0.6 is 15.9 Å². The van der Waals surface area contributed by atoms with Gasteiger partial charge in [-0.25, -0.2) is 0 Å². The van der Waals surface area contributed by atoms with Crippen LogP contribution in [0.1, 0.15) is 11.1 Å². The fraction of sp³-hybridized carbons (Fsp3) is 0. The third-order valence-electron chi connectivity index (χ3n) is 2.20. The number of nitriles is 2. The molecule has 0 aliphatic carbocycles. The van der Waals surface area contributed by atoms with E-state index in [-0.39, 0.29) is 0 Å². The lowest BCUT2D eigenvalue weighted by Crippen LogP contribution is -1.86. The highest BCUT2D eigenvalue weighted by atomic mass is 79.9. The monoisotopic (exact) mass is 298 g/mol. The Morgan fingerprint density at radius 1 is 0.889 bits per heavy atom. The summed E-state index contributed by atoms with van der Waals surface area (Å²) in [5.41, 5.74) is 1.04. The highest BCUT2D eigenvalue weighted by molar-refractivity contribution is 9.10. The maximum absolute atomic E-state index is 8.87. The number of nitrogens with zero attached hydrogens (tertiary/aromatic N) is 2. The minimum Gasteiger partial charge on any atom is -0.457 e. The smallest absolute Gasteiger partial charge is 0.129 e. The summed E-state index contributed by atoms with van der Waals surface area (Å²) in [4.78, 5) is 0. The van der Waals surface area contributed by atoms with E-state index in [2.05, 4.69) is 22.0 Å². The molecule has 2 aromatic rings. The predicted octanol–water partition coefficient (Wildman–Crippen LogP) is 3.98. The van der Waals surface area contributed by atoms with Gasteiger partial charge in [-0.3, -0.25) is 0 Å². The Morgan fingerprint density at radius 3 is 2.33 bits per heavy atom. The molecule has 0 atom stereocenters. The van der Waals surface area contributed by atoms with Crippen molar-refractivity contribution in [2.24, 2.45) is 0 Å². The number of halogens is 1. The normalized spacial score (nSPS) is 9.28. The lowest BCUT2D eigenvalue weighted by Gasteiger charge is -2.06. The molecule has 4 heteroatoms. The lowest BCUT2D eigenvalue weighted by molar-refractivity contribution is 0.482. The van der Waals surface area contributed by atoms with Gasteiger partial charge in [0.15, 0.2) is 0 Å². The Morgan fingerprint density at radius 2 is 1.61 bits per heavy atom. The SMILES string of the molecule is N#Cc1cccc(Oc2cc(Br)cc(C#N)c2)c1. The van der Waals surface area contributed by atoms with Gasteiger partial charge in [-0.1, -0.05) is 22.0 Å². The molecule has 0 bridgehead atoms. The van der Waals surface area contributed by atoms with Gasteiger partial charge in [-0.15, -0.1) is 0 Å². The van der Waals surface area contributed by atoms with Gasteiger partial charge in [0.05, 0.1) is 23.3 Å². The van der Waals surface area contributed by atoms with Gasteiger partial charge in [0.1, 0.15) is 11.5 Å². The molecule has 0 fully saturated rings. The average molecular weight is 299 g/mol. The van der Waals surface area contributed by atoms with E-state index in [0.717, 1.165) is 4.47 Å². The number of hydrogen-bond donors (Lipinski definition) is 0. The molecule has 3 nitrogen and oxygen atoms in total. The second-order valence-electron chi connectivity index (χ2n) is 3.53. The molecule has 0 saturated heterocycles. The van der Waals surface area contributed by atoms with Crippen molar-refractivity contribution in [2.75, 3.05) is 0 Å². The summed E-state index contributed by atoms with van der Waals surface area (Å²) in [5, 5.41) is 17.7. The molecular formula is C14H7BrN2O. The maximum Gasteiger partial charge on any atom is 0.129 e. The molecule has 18 heavy (non-hydrogen) atoms. The predicted molar refractivity (Wildman–Crippen MR) is 70.1 cm³/mol. The summed E-state index contributed by atoms with van der Waals surface area (Å²) in [7, 11) is 0. The summed E-state index contributed by atoms with van der Waals surface area (Å²) in [6.07, 6.45) is 0. The summed E-state index contributed by atoms with van der Waals surface area (Å²) in [6.45, 7) is 0. The zero-order chi connectivity index (χ0) is 13.0. The van der Waals surface area contributed by atoms with E-state index >= 15 is 0 Å². The molecule has 0 aliphatic heterocycles. The fourth-order valence-electron chi connectivity index (χ4n) is 1.45. The van der Waals surface area contributed by atoms with Gasteiger partial charge >= 0.3 is 0 Å². The lowest BCUT2D eigenvalue weighted by atomic mass is 10.2. The van der Waals surface area contributed by atoms with Gasteiger partial charge in [0.2, 0.25) is 0 Å². The van der Waals surface area contributed by atoms with Crippen molar-refractivity contribution in [3.8, 4) is 23.6 Å². The van der Waals surface area contributed by atoms with Gasteiger partial charge < -0.3 is 4.74 Å². The first kappa shape index (κ1) is 12.2. The quantitative estimate of drug-likeness (QED) is 0.842. The number of hydrogen-bond acceptors (Lipinski definition) is 3. The van der Waals surface area contributed by atoms with E-state index in [0.29, 0.717) is 22.6 Å². The molecule has 0 N–H and O–H groups in total. The van der Waals surface area contributed by atoms with Crippen LogP contribution in [0.4, 0.5) is 0 Å². The number of ether oxygens (including phenoxy) is 1. The van der Waals surface area contributed by atoms with Crippen molar-refractivity contribution < 1.29 is 4.74 Å². The van der Waals surface area contributed by atoms with Crippen molar-refractivity contribution in [3.63, 3.8) is 0 Å². The van der Waals surface area contributed by atoms with Gasteiger partial charge in [-0.05, 0) is 36.4 Å². The van der Waals surface area contributed by atoms with Crippen molar-refractivity contribution in [3.05, 3.63) is 58.1 Å². The van der Waals surface area contributed by atoms with E-state index in [9.17, 15) is 0 Å². The third-order valence-corrected chi connectivity index (χ3v) is 2.66. The zero-order valence-electron chi connectivity index (χ0n) is 9.22. The second-order valence-corrected chi connectivity index (χ2v) is 4.44. The van der Waals surface area contributed by atoms with E-state index in [1.807, 2.05) is 6.07 Å². The average Bonchev–Trinajstić information content (AvgIpc) is 2.38. The van der Waals surface area contributed by atoms with Crippen LogP contribution in [0.25, 0.3) is 0 Å². The molecule has 0 spiro atoms. The van der Waals surface area contributed by atoms with Crippen molar-refractivity contribution in [2.45, 2.75) is 0 Å². The molecule has 86 valence electrons. The van der Waals surface area contributed by atoms with Crippen LogP contribution in [0, 0.1) is 22.7 Å². The first-order valence-corrected chi connectivity index (χ1v) is 5.89. The van der Waals surface area contributed by atoms with E-state index in [1.54, 1.807) is 42.5 Å². The minimum absolute atomic E-state index is 0.510. The van der Waals surface area contributed by atoms with Gasteiger partial charge in [-0.2, -0.15) is 10.5 Å². The fourth-order valence-corrected chi connectivity index (χ4v) is 1.92. The summed E-state index contributed by atoms with van der Waals surface area (Å²) >= 11 is 3.31. The van der Waals surface area contributed by atoms with E-state index in [1.165, 1.54) is 0 Å². The Kier molecular flexibility index (Phi) is 3.62. The zero-order valence-corrected chi connectivity index (χ0v) is 10.8. The maximum atomic E-state index is 8.87. The molecule has 0 saturated carbocycles. The van der Waals surface area contributed by atoms with Crippen LogP contribution < -0.4 is 4.74 Å². The molecule has 0 unspecified atom stereocenters. The molecule has 0 aliphatic rings. The van der Waals surface area contributed by atoms with Crippen molar-refractivity contribution in [1.29, 1.82) is 10.5 Å². The van der Waals surface area contributed by atoms with Crippen LogP contribution in [-0.4, -0.2) is 0 Å². The Balaban J connectivity index is 2.31. The largest absolute Gasteiger partial charge is 0.457 e. The summed E-state index contributed by atoms with van der Waals surface area (Å²) < 4.78 is 6.38. The van der Waals surface area contributed by atoms with Crippen molar-refractivity contribution in [1.82, 2.24) is 0 Å². The Bertz CT molecular complexity index is 668.